The summed E-state index contributed by atoms with van der Waals surface area (Å²) in [5.74, 6) is 0.968. The van der Waals surface area contributed by atoms with Gasteiger partial charge in [0, 0.05) is 11.7 Å². The zero-order chi connectivity index (χ0) is 16.4. The smallest absolute Gasteiger partial charge is 0.234 e. The molecule has 1 heterocycles. The average molecular weight is 348 g/mol. The number of anilines is 1. The number of aromatic nitrogens is 3. The fourth-order valence-electron chi connectivity index (χ4n) is 2.21. The molecule has 118 valence electrons. The van der Waals surface area contributed by atoms with Crippen molar-refractivity contribution >= 4 is 35.0 Å². The Morgan fingerprint density at radius 2 is 2.30 bits per heavy atom. The van der Waals surface area contributed by atoms with Crippen LogP contribution in [0.1, 0.15) is 30.3 Å². The highest BCUT2D eigenvalue weighted by Crippen LogP contribution is 2.38. The van der Waals surface area contributed by atoms with Crippen LogP contribution >= 0.6 is 23.4 Å². The van der Waals surface area contributed by atoms with E-state index in [4.69, 9.17) is 16.9 Å². The van der Waals surface area contributed by atoms with Crippen LogP contribution in [0.25, 0.3) is 0 Å². The molecule has 0 aliphatic heterocycles. The van der Waals surface area contributed by atoms with E-state index in [2.05, 4.69) is 20.1 Å². The van der Waals surface area contributed by atoms with E-state index < -0.39 is 0 Å². The molecular weight excluding hydrogens is 334 g/mol. The van der Waals surface area contributed by atoms with Gasteiger partial charge in [0.1, 0.15) is 11.9 Å². The van der Waals surface area contributed by atoms with Crippen molar-refractivity contribution in [2.45, 2.75) is 31.0 Å². The quantitative estimate of drug-likeness (QED) is 0.840. The van der Waals surface area contributed by atoms with Gasteiger partial charge in [-0.1, -0.05) is 23.4 Å². The van der Waals surface area contributed by atoms with Gasteiger partial charge in [-0.3, -0.25) is 4.79 Å². The van der Waals surface area contributed by atoms with Gasteiger partial charge in [-0.15, -0.1) is 10.2 Å². The second kappa shape index (κ2) is 6.60. The number of nitrogens with zero attached hydrogens (tertiary/aromatic N) is 4. The summed E-state index contributed by atoms with van der Waals surface area (Å²) in [6.07, 6.45) is 2.28. The molecule has 8 heteroatoms. The molecule has 2 aromatic rings. The number of rotatable bonds is 5. The third-order valence-electron chi connectivity index (χ3n) is 3.45. The van der Waals surface area contributed by atoms with E-state index in [9.17, 15) is 4.79 Å². The largest absolute Gasteiger partial charge is 0.325 e. The number of hydrogen-bond acceptors (Lipinski definition) is 5. The summed E-state index contributed by atoms with van der Waals surface area (Å²) >= 11 is 7.32. The van der Waals surface area contributed by atoms with Crippen molar-refractivity contribution in [3.05, 3.63) is 34.6 Å². The van der Waals surface area contributed by atoms with Gasteiger partial charge in [0.15, 0.2) is 5.16 Å². The van der Waals surface area contributed by atoms with Gasteiger partial charge in [-0.05, 0) is 38.0 Å². The molecule has 1 aliphatic rings. The van der Waals surface area contributed by atoms with Crippen molar-refractivity contribution < 1.29 is 4.79 Å². The Bertz CT molecular complexity index is 794. The molecule has 0 atom stereocenters. The molecule has 1 N–H and O–H groups in total. The standard InChI is InChI=1S/C15H14ClN5OS/c1-9-19-20-15(21(9)12-4-5-12)23-8-14(22)18-11-3-2-10(7-17)13(16)6-11/h2-3,6,12H,4-5,8H2,1H3,(H,18,22). The van der Waals surface area contributed by atoms with Crippen LogP contribution in [0, 0.1) is 18.3 Å². The lowest BCUT2D eigenvalue weighted by molar-refractivity contribution is -0.113. The normalized spacial score (nSPS) is 13.6. The summed E-state index contributed by atoms with van der Waals surface area (Å²) in [7, 11) is 0. The molecule has 3 rings (SSSR count). The number of thioether (sulfide) groups is 1. The second-order valence-corrected chi connectivity index (χ2v) is 6.62. The van der Waals surface area contributed by atoms with Crippen molar-refractivity contribution in [1.82, 2.24) is 14.8 Å². The Morgan fingerprint density at radius 3 is 2.96 bits per heavy atom. The summed E-state index contributed by atoms with van der Waals surface area (Å²) in [5.41, 5.74) is 0.950. The lowest BCUT2D eigenvalue weighted by Crippen LogP contribution is -2.14. The third-order valence-corrected chi connectivity index (χ3v) is 4.71. The highest BCUT2D eigenvalue weighted by atomic mass is 35.5. The molecule has 0 saturated heterocycles. The van der Waals surface area contributed by atoms with Gasteiger partial charge in [0.05, 0.1) is 16.3 Å². The summed E-state index contributed by atoms with van der Waals surface area (Å²) < 4.78 is 2.09. The molecule has 1 amide bonds. The van der Waals surface area contributed by atoms with Crippen LogP contribution in [0.4, 0.5) is 5.69 Å². The Morgan fingerprint density at radius 1 is 1.52 bits per heavy atom. The minimum atomic E-state index is -0.154. The molecule has 0 unspecified atom stereocenters. The van der Waals surface area contributed by atoms with Gasteiger partial charge in [0.2, 0.25) is 5.91 Å². The van der Waals surface area contributed by atoms with E-state index in [1.807, 2.05) is 13.0 Å². The van der Waals surface area contributed by atoms with Gasteiger partial charge < -0.3 is 9.88 Å². The first-order valence-corrected chi connectivity index (χ1v) is 8.48. The van der Waals surface area contributed by atoms with Crippen molar-refractivity contribution in [1.29, 1.82) is 5.26 Å². The molecule has 0 radical (unpaired) electrons. The maximum atomic E-state index is 12.1. The Kier molecular flexibility index (Phi) is 4.55. The topological polar surface area (TPSA) is 83.6 Å². The maximum Gasteiger partial charge on any atom is 0.234 e. The zero-order valence-electron chi connectivity index (χ0n) is 12.4. The number of halogens is 1. The predicted molar refractivity (Wildman–Crippen MR) is 88.6 cm³/mol. The van der Waals surface area contributed by atoms with Crippen molar-refractivity contribution in [2.75, 3.05) is 11.1 Å². The minimum absolute atomic E-state index is 0.154. The fraction of sp³-hybridized carbons (Fsp3) is 0.333. The Balaban J connectivity index is 1.60. The van der Waals surface area contributed by atoms with Gasteiger partial charge in [0.25, 0.3) is 0 Å². The number of carbonyl (C=O) groups excluding carboxylic acids is 1. The number of carbonyl (C=O) groups is 1. The van der Waals surface area contributed by atoms with Crippen LogP contribution in [-0.4, -0.2) is 26.4 Å². The van der Waals surface area contributed by atoms with Crippen LogP contribution in [0.15, 0.2) is 23.4 Å². The summed E-state index contributed by atoms with van der Waals surface area (Å²) in [6, 6.07) is 7.27. The minimum Gasteiger partial charge on any atom is -0.325 e. The highest BCUT2D eigenvalue weighted by molar-refractivity contribution is 7.99. The SMILES string of the molecule is Cc1nnc(SCC(=O)Nc2ccc(C#N)c(Cl)c2)n1C1CC1. The van der Waals surface area contributed by atoms with Crippen LogP contribution in [0.3, 0.4) is 0 Å². The van der Waals surface area contributed by atoms with E-state index in [0.29, 0.717) is 22.3 Å². The lowest BCUT2D eigenvalue weighted by Gasteiger charge is -2.07. The Labute approximate surface area is 142 Å². The third kappa shape index (κ3) is 3.66. The summed E-state index contributed by atoms with van der Waals surface area (Å²) in [6.45, 7) is 1.92. The van der Waals surface area contributed by atoms with Crippen LogP contribution in [0.5, 0.6) is 0 Å². The number of benzene rings is 1. The molecule has 23 heavy (non-hydrogen) atoms. The Hall–Kier alpha value is -2.04. The van der Waals surface area contributed by atoms with Crippen LogP contribution in [-0.2, 0) is 4.79 Å². The van der Waals surface area contributed by atoms with Crippen LogP contribution < -0.4 is 5.32 Å². The van der Waals surface area contributed by atoms with Crippen molar-refractivity contribution in [3.8, 4) is 6.07 Å². The monoisotopic (exact) mass is 347 g/mol. The molecule has 1 aliphatic carbocycles. The molecule has 1 aromatic heterocycles. The predicted octanol–water partition coefficient (Wildman–Crippen LogP) is 3.18. The average Bonchev–Trinajstić information content (AvgIpc) is 3.29. The molecular formula is C15H14ClN5OS. The number of amides is 1. The summed E-state index contributed by atoms with van der Waals surface area (Å²) in [5, 5.41) is 20.9. The molecule has 1 saturated carbocycles. The number of nitrogens with one attached hydrogen (secondary N) is 1. The molecule has 0 bridgehead atoms. The summed E-state index contributed by atoms with van der Waals surface area (Å²) in [4.78, 5) is 12.1. The molecule has 1 aromatic carbocycles. The van der Waals surface area contributed by atoms with E-state index in [1.165, 1.54) is 11.8 Å². The first-order chi connectivity index (χ1) is 11.1. The second-order valence-electron chi connectivity index (χ2n) is 5.27. The zero-order valence-corrected chi connectivity index (χ0v) is 14.0. The number of nitriles is 1. The van der Waals surface area contributed by atoms with E-state index >= 15 is 0 Å². The molecule has 0 spiro atoms. The number of aryl methyl sites for hydroxylation is 1. The van der Waals surface area contributed by atoms with E-state index in [1.54, 1.807) is 18.2 Å². The first kappa shape index (κ1) is 15.8. The van der Waals surface area contributed by atoms with Gasteiger partial charge >= 0.3 is 0 Å². The fourth-order valence-corrected chi connectivity index (χ4v) is 3.29. The highest BCUT2D eigenvalue weighted by Gasteiger charge is 2.28. The van der Waals surface area contributed by atoms with Crippen molar-refractivity contribution in [2.24, 2.45) is 0 Å². The molecule has 1 fully saturated rings. The number of hydrogen-bond donors (Lipinski definition) is 1. The lowest BCUT2D eigenvalue weighted by atomic mass is 10.2. The van der Waals surface area contributed by atoms with E-state index in [0.717, 1.165) is 23.8 Å². The molecule has 6 nitrogen and oxygen atoms in total. The van der Waals surface area contributed by atoms with Gasteiger partial charge in [-0.2, -0.15) is 5.26 Å². The van der Waals surface area contributed by atoms with Crippen LogP contribution in [0.2, 0.25) is 5.02 Å². The first-order valence-electron chi connectivity index (χ1n) is 7.12. The van der Waals surface area contributed by atoms with E-state index in [-0.39, 0.29) is 11.7 Å². The van der Waals surface area contributed by atoms with Gasteiger partial charge in [-0.25, -0.2) is 0 Å². The maximum absolute atomic E-state index is 12.1. The van der Waals surface area contributed by atoms with Crippen molar-refractivity contribution in [3.63, 3.8) is 0 Å².